The zero-order valence-electron chi connectivity index (χ0n) is 13.0. The van der Waals surface area contributed by atoms with Gasteiger partial charge in [-0.3, -0.25) is 4.68 Å². The lowest BCUT2D eigenvalue weighted by molar-refractivity contribution is 0.199. The van der Waals surface area contributed by atoms with Crippen LogP contribution in [0.4, 0.5) is 0 Å². The Labute approximate surface area is 124 Å². The van der Waals surface area contributed by atoms with Crippen molar-refractivity contribution in [2.75, 3.05) is 13.7 Å². The van der Waals surface area contributed by atoms with E-state index in [1.54, 1.807) is 7.11 Å². The number of nitrogens with one attached hydrogen (secondary N) is 1. The summed E-state index contributed by atoms with van der Waals surface area (Å²) in [5.74, 6) is 1.27. The van der Waals surface area contributed by atoms with Crippen molar-refractivity contribution >= 4 is 0 Å². The normalized spacial score (nSPS) is 14.3. The summed E-state index contributed by atoms with van der Waals surface area (Å²) in [5.41, 5.74) is 1.16. The van der Waals surface area contributed by atoms with Crippen LogP contribution in [0, 0.1) is 6.92 Å². The molecule has 1 N–H and O–H groups in total. The minimum atomic E-state index is 0.235. The fourth-order valence-corrected chi connectivity index (χ4v) is 1.96. The topological polar surface area (TPSA) is 78.0 Å². The third kappa shape index (κ3) is 4.37. The van der Waals surface area contributed by atoms with Crippen LogP contribution in [0.5, 0.6) is 0 Å². The molecule has 2 heterocycles. The highest BCUT2D eigenvalue weighted by Crippen LogP contribution is 2.11. The molecule has 7 nitrogen and oxygen atoms in total. The molecule has 2 atom stereocenters. The first-order valence-electron chi connectivity index (χ1n) is 7.14. The number of hydrogen-bond acceptors (Lipinski definition) is 6. The van der Waals surface area contributed by atoms with E-state index in [9.17, 15) is 0 Å². The standard InChI is InChI=1S/C14H23N5O2/c1-10-7-16-19(9-10)12(3)11(2)15-8-14-17-13(18-21-14)5-6-20-4/h7,9,11-12,15H,5-6,8H2,1-4H3/t11-,12-/m1/s1. The molecule has 2 aromatic heterocycles. The molecule has 0 fully saturated rings. The molecule has 0 aliphatic rings. The van der Waals surface area contributed by atoms with Gasteiger partial charge in [-0.05, 0) is 26.3 Å². The van der Waals surface area contributed by atoms with Crippen molar-refractivity contribution in [2.24, 2.45) is 0 Å². The average molecular weight is 293 g/mol. The Morgan fingerprint density at radius 1 is 1.43 bits per heavy atom. The molecule has 0 unspecified atom stereocenters. The first kappa shape index (κ1) is 15.7. The summed E-state index contributed by atoms with van der Waals surface area (Å²) < 4.78 is 12.2. The zero-order valence-corrected chi connectivity index (χ0v) is 13.0. The molecule has 7 heteroatoms. The fraction of sp³-hybridized carbons (Fsp3) is 0.643. The number of aryl methyl sites for hydroxylation is 1. The van der Waals surface area contributed by atoms with Gasteiger partial charge in [-0.25, -0.2) is 0 Å². The van der Waals surface area contributed by atoms with Crippen molar-refractivity contribution in [3.05, 3.63) is 29.7 Å². The highest BCUT2D eigenvalue weighted by atomic mass is 16.5. The van der Waals surface area contributed by atoms with Gasteiger partial charge in [0.05, 0.1) is 25.4 Å². The lowest BCUT2D eigenvalue weighted by atomic mass is 10.2. The highest BCUT2D eigenvalue weighted by molar-refractivity contribution is 5.00. The Bertz CT molecular complexity index is 551. The minimum absolute atomic E-state index is 0.235. The summed E-state index contributed by atoms with van der Waals surface area (Å²) >= 11 is 0. The van der Waals surface area contributed by atoms with Crippen molar-refractivity contribution in [2.45, 2.75) is 45.8 Å². The smallest absolute Gasteiger partial charge is 0.240 e. The first-order chi connectivity index (χ1) is 10.1. The van der Waals surface area contributed by atoms with Gasteiger partial charge in [0.15, 0.2) is 5.82 Å². The van der Waals surface area contributed by atoms with Gasteiger partial charge in [0.25, 0.3) is 0 Å². The van der Waals surface area contributed by atoms with Gasteiger partial charge in [0.1, 0.15) is 0 Å². The van der Waals surface area contributed by atoms with Crippen molar-refractivity contribution in [3.63, 3.8) is 0 Å². The summed E-state index contributed by atoms with van der Waals surface area (Å²) in [6.45, 7) is 7.42. The van der Waals surface area contributed by atoms with E-state index in [1.165, 1.54) is 0 Å². The Morgan fingerprint density at radius 2 is 2.24 bits per heavy atom. The monoisotopic (exact) mass is 293 g/mol. The molecule has 0 spiro atoms. The quantitative estimate of drug-likeness (QED) is 0.794. The third-order valence-corrected chi connectivity index (χ3v) is 3.49. The largest absolute Gasteiger partial charge is 0.384 e. The molecule has 0 amide bonds. The van der Waals surface area contributed by atoms with E-state index in [0.29, 0.717) is 31.3 Å². The van der Waals surface area contributed by atoms with Crippen LogP contribution in [0.1, 0.15) is 37.2 Å². The van der Waals surface area contributed by atoms with Gasteiger partial charge in [-0.2, -0.15) is 10.1 Å². The van der Waals surface area contributed by atoms with E-state index in [2.05, 4.69) is 34.4 Å². The Morgan fingerprint density at radius 3 is 2.90 bits per heavy atom. The molecule has 0 radical (unpaired) electrons. The van der Waals surface area contributed by atoms with Gasteiger partial charge >= 0.3 is 0 Å². The number of ether oxygens (including phenoxy) is 1. The second-order valence-corrected chi connectivity index (χ2v) is 5.26. The van der Waals surface area contributed by atoms with Crippen LogP contribution < -0.4 is 5.32 Å². The van der Waals surface area contributed by atoms with Gasteiger partial charge in [-0.1, -0.05) is 5.16 Å². The fourth-order valence-electron chi connectivity index (χ4n) is 1.96. The van der Waals surface area contributed by atoms with Crippen LogP contribution in [-0.4, -0.2) is 39.7 Å². The summed E-state index contributed by atoms with van der Waals surface area (Å²) in [5, 5.41) is 11.6. The minimum Gasteiger partial charge on any atom is -0.384 e. The molecule has 0 saturated heterocycles. The molecule has 21 heavy (non-hydrogen) atoms. The van der Waals surface area contributed by atoms with Gasteiger partial charge in [0, 0.05) is 25.8 Å². The van der Waals surface area contributed by atoms with Crippen LogP contribution in [0.3, 0.4) is 0 Å². The van der Waals surface area contributed by atoms with Crippen LogP contribution in [0.25, 0.3) is 0 Å². The number of hydrogen-bond donors (Lipinski definition) is 1. The Balaban J connectivity index is 1.83. The lowest BCUT2D eigenvalue weighted by Crippen LogP contribution is -2.33. The molecular formula is C14H23N5O2. The van der Waals surface area contributed by atoms with Crippen molar-refractivity contribution in [3.8, 4) is 0 Å². The first-order valence-corrected chi connectivity index (χ1v) is 7.14. The molecule has 0 bridgehead atoms. The van der Waals surface area contributed by atoms with E-state index in [-0.39, 0.29) is 12.1 Å². The lowest BCUT2D eigenvalue weighted by Gasteiger charge is -2.20. The van der Waals surface area contributed by atoms with Crippen LogP contribution >= 0.6 is 0 Å². The maximum Gasteiger partial charge on any atom is 0.240 e. The average Bonchev–Trinajstić information content (AvgIpc) is 3.10. The second kappa shape index (κ2) is 7.33. The zero-order chi connectivity index (χ0) is 15.2. The molecule has 0 aliphatic heterocycles. The molecule has 0 aliphatic carbocycles. The van der Waals surface area contributed by atoms with E-state index < -0.39 is 0 Å². The van der Waals surface area contributed by atoms with Crippen molar-refractivity contribution < 1.29 is 9.26 Å². The summed E-state index contributed by atoms with van der Waals surface area (Å²) in [4.78, 5) is 4.31. The maximum atomic E-state index is 5.20. The predicted molar refractivity (Wildman–Crippen MR) is 77.9 cm³/mol. The molecule has 0 aromatic carbocycles. The predicted octanol–water partition coefficient (Wildman–Crippen LogP) is 1.50. The Hall–Kier alpha value is -1.73. The van der Waals surface area contributed by atoms with Crippen LogP contribution in [-0.2, 0) is 17.7 Å². The van der Waals surface area contributed by atoms with Gasteiger partial charge in [0.2, 0.25) is 5.89 Å². The van der Waals surface area contributed by atoms with Gasteiger partial charge in [-0.15, -0.1) is 0 Å². The molecular weight excluding hydrogens is 270 g/mol. The SMILES string of the molecule is COCCc1noc(CN[C@H](C)[C@@H](C)n2cc(C)cn2)n1. The van der Waals surface area contributed by atoms with E-state index in [4.69, 9.17) is 9.26 Å². The summed E-state index contributed by atoms with van der Waals surface area (Å²) in [6.07, 6.45) is 4.57. The second-order valence-electron chi connectivity index (χ2n) is 5.26. The summed E-state index contributed by atoms with van der Waals surface area (Å²) in [7, 11) is 1.66. The molecule has 2 rings (SSSR count). The van der Waals surface area contributed by atoms with E-state index in [0.717, 1.165) is 5.56 Å². The highest BCUT2D eigenvalue weighted by Gasteiger charge is 2.15. The molecule has 2 aromatic rings. The maximum absolute atomic E-state index is 5.20. The number of rotatable bonds is 8. The number of methoxy groups -OCH3 is 1. The van der Waals surface area contributed by atoms with Crippen molar-refractivity contribution in [1.29, 1.82) is 0 Å². The third-order valence-electron chi connectivity index (χ3n) is 3.49. The van der Waals surface area contributed by atoms with E-state index in [1.807, 2.05) is 24.0 Å². The Kier molecular flexibility index (Phi) is 5.46. The molecule has 0 saturated carbocycles. The van der Waals surface area contributed by atoms with Crippen LogP contribution in [0.2, 0.25) is 0 Å². The number of nitrogens with zero attached hydrogens (tertiary/aromatic N) is 4. The van der Waals surface area contributed by atoms with Crippen LogP contribution in [0.15, 0.2) is 16.9 Å². The molecule has 116 valence electrons. The van der Waals surface area contributed by atoms with E-state index >= 15 is 0 Å². The van der Waals surface area contributed by atoms with Gasteiger partial charge < -0.3 is 14.6 Å². The summed E-state index contributed by atoms with van der Waals surface area (Å²) in [6, 6.07) is 0.480. The van der Waals surface area contributed by atoms with Crippen molar-refractivity contribution in [1.82, 2.24) is 25.2 Å². The number of aromatic nitrogens is 4.